The first kappa shape index (κ1) is 15.6. The van der Waals surface area contributed by atoms with Gasteiger partial charge in [0.05, 0.1) is 6.54 Å². The Morgan fingerprint density at radius 2 is 2.00 bits per heavy atom. The van der Waals surface area contributed by atoms with Crippen molar-refractivity contribution in [1.82, 2.24) is 24.7 Å². The molecule has 0 unspecified atom stereocenters. The molecule has 0 saturated carbocycles. The van der Waals surface area contributed by atoms with Crippen LogP contribution in [0.4, 0.5) is 5.82 Å². The van der Waals surface area contributed by atoms with Gasteiger partial charge < -0.3 is 9.84 Å². The molecule has 0 aliphatic carbocycles. The Hall–Kier alpha value is -2.93. The molecule has 0 aliphatic rings. The maximum Gasteiger partial charge on any atom is 0.254 e. The first-order chi connectivity index (χ1) is 12.1. The lowest BCUT2D eigenvalue weighted by Crippen LogP contribution is -2.10. The van der Waals surface area contributed by atoms with Crippen LogP contribution in [0.25, 0.3) is 16.9 Å². The number of hydrogen-bond donors (Lipinski definition) is 1. The van der Waals surface area contributed by atoms with Gasteiger partial charge in [-0.05, 0) is 31.5 Å². The Bertz CT molecular complexity index is 1040. The van der Waals surface area contributed by atoms with E-state index in [1.165, 1.54) is 6.33 Å². The highest BCUT2D eigenvalue weighted by Gasteiger charge is 2.14. The van der Waals surface area contributed by atoms with Crippen molar-refractivity contribution in [3.63, 3.8) is 0 Å². The first-order valence-electron chi connectivity index (χ1n) is 7.73. The minimum absolute atomic E-state index is 0.480. The molecule has 0 saturated heterocycles. The molecule has 0 atom stereocenters. The molecule has 7 nitrogen and oxygen atoms in total. The standard InChI is InChI=1S/C17H15ClN6O/c1-10-11(2)22-17-20-9-21-24(17)16(10)19-7-15-14(8-25-23-15)12-3-5-13(18)6-4-12/h3-6,8-9,19H,7H2,1-2H3. The van der Waals surface area contributed by atoms with Gasteiger partial charge in [-0.15, -0.1) is 0 Å². The zero-order valence-electron chi connectivity index (χ0n) is 13.7. The Kier molecular flexibility index (Phi) is 3.85. The molecule has 0 radical (unpaired) electrons. The van der Waals surface area contributed by atoms with Gasteiger partial charge >= 0.3 is 0 Å². The number of aryl methyl sites for hydroxylation is 1. The zero-order chi connectivity index (χ0) is 17.4. The van der Waals surface area contributed by atoms with Crippen LogP contribution in [0.5, 0.6) is 0 Å². The summed E-state index contributed by atoms with van der Waals surface area (Å²) in [5.74, 6) is 1.40. The van der Waals surface area contributed by atoms with Gasteiger partial charge in [0, 0.05) is 21.8 Å². The largest absolute Gasteiger partial charge is 0.364 e. The summed E-state index contributed by atoms with van der Waals surface area (Å²) in [6, 6.07) is 7.57. The van der Waals surface area contributed by atoms with Crippen LogP contribution in [0, 0.1) is 13.8 Å². The fourth-order valence-corrected chi connectivity index (χ4v) is 2.79. The number of aromatic nitrogens is 5. The second-order valence-electron chi connectivity index (χ2n) is 5.68. The summed E-state index contributed by atoms with van der Waals surface area (Å²) in [5.41, 5.74) is 4.62. The van der Waals surface area contributed by atoms with E-state index in [0.717, 1.165) is 33.9 Å². The number of fused-ring (bicyclic) bond motifs is 1. The zero-order valence-corrected chi connectivity index (χ0v) is 14.4. The monoisotopic (exact) mass is 354 g/mol. The van der Waals surface area contributed by atoms with E-state index in [2.05, 4.69) is 25.5 Å². The second kappa shape index (κ2) is 6.18. The van der Waals surface area contributed by atoms with Crippen LogP contribution in [0.1, 0.15) is 17.0 Å². The Labute approximate surface area is 148 Å². The minimum atomic E-state index is 0.480. The molecule has 4 rings (SSSR count). The van der Waals surface area contributed by atoms with E-state index in [1.54, 1.807) is 10.8 Å². The van der Waals surface area contributed by atoms with E-state index in [9.17, 15) is 0 Å². The van der Waals surface area contributed by atoms with Crippen molar-refractivity contribution >= 4 is 23.2 Å². The topological polar surface area (TPSA) is 81.1 Å². The highest BCUT2D eigenvalue weighted by Crippen LogP contribution is 2.26. The van der Waals surface area contributed by atoms with Crippen LogP contribution in [0.15, 0.2) is 41.4 Å². The molecule has 1 N–H and O–H groups in total. The smallest absolute Gasteiger partial charge is 0.254 e. The third kappa shape index (κ3) is 2.83. The fraction of sp³-hybridized carbons (Fsp3) is 0.176. The number of hydrogen-bond acceptors (Lipinski definition) is 6. The maximum absolute atomic E-state index is 5.96. The van der Waals surface area contributed by atoms with Crippen LogP contribution in [-0.4, -0.2) is 24.7 Å². The van der Waals surface area contributed by atoms with Crippen molar-refractivity contribution in [3.8, 4) is 11.1 Å². The number of rotatable bonds is 4. The first-order valence-corrected chi connectivity index (χ1v) is 8.11. The number of anilines is 1. The molecular weight excluding hydrogens is 340 g/mol. The molecule has 0 bridgehead atoms. The molecule has 0 amide bonds. The molecule has 0 aliphatic heterocycles. The fourth-order valence-electron chi connectivity index (χ4n) is 2.66. The molecule has 25 heavy (non-hydrogen) atoms. The molecule has 126 valence electrons. The van der Waals surface area contributed by atoms with E-state index in [0.29, 0.717) is 17.3 Å². The Morgan fingerprint density at radius 3 is 2.80 bits per heavy atom. The number of nitrogens with zero attached hydrogens (tertiary/aromatic N) is 5. The molecule has 0 spiro atoms. The molecule has 0 fully saturated rings. The van der Waals surface area contributed by atoms with Gasteiger partial charge in [0.2, 0.25) is 0 Å². The predicted molar refractivity (Wildman–Crippen MR) is 94.5 cm³/mol. The Balaban J connectivity index is 1.65. The van der Waals surface area contributed by atoms with Crippen molar-refractivity contribution in [2.45, 2.75) is 20.4 Å². The summed E-state index contributed by atoms with van der Waals surface area (Å²) >= 11 is 5.96. The van der Waals surface area contributed by atoms with Gasteiger partial charge in [0.15, 0.2) is 0 Å². The molecular formula is C17H15ClN6O. The average Bonchev–Trinajstić information content (AvgIpc) is 3.25. The number of nitrogens with one attached hydrogen (secondary N) is 1. The molecule has 8 heteroatoms. The summed E-state index contributed by atoms with van der Waals surface area (Å²) in [6.07, 6.45) is 3.12. The lowest BCUT2D eigenvalue weighted by molar-refractivity contribution is 0.413. The molecule has 3 aromatic heterocycles. The van der Waals surface area contributed by atoms with E-state index in [1.807, 2.05) is 38.1 Å². The highest BCUT2D eigenvalue weighted by molar-refractivity contribution is 6.30. The van der Waals surface area contributed by atoms with Crippen LogP contribution >= 0.6 is 11.6 Å². The van der Waals surface area contributed by atoms with Crippen molar-refractivity contribution in [1.29, 1.82) is 0 Å². The number of benzene rings is 1. The van der Waals surface area contributed by atoms with Gasteiger partial charge in [0.1, 0.15) is 24.1 Å². The van der Waals surface area contributed by atoms with Gasteiger partial charge in [-0.25, -0.2) is 4.98 Å². The van der Waals surface area contributed by atoms with Crippen LogP contribution in [0.3, 0.4) is 0 Å². The highest BCUT2D eigenvalue weighted by atomic mass is 35.5. The summed E-state index contributed by atoms with van der Waals surface area (Å²) < 4.78 is 6.86. The minimum Gasteiger partial charge on any atom is -0.364 e. The quantitative estimate of drug-likeness (QED) is 0.602. The van der Waals surface area contributed by atoms with Crippen LogP contribution in [0.2, 0.25) is 5.02 Å². The van der Waals surface area contributed by atoms with E-state index in [-0.39, 0.29) is 0 Å². The van der Waals surface area contributed by atoms with Gasteiger partial charge in [0.25, 0.3) is 5.78 Å². The lowest BCUT2D eigenvalue weighted by atomic mass is 10.1. The average molecular weight is 355 g/mol. The predicted octanol–water partition coefficient (Wildman–Crippen LogP) is 3.66. The SMILES string of the molecule is Cc1nc2ncnn2c(NCc2nocc2-c2ccc(Cl)cc2)c1C. The number of halogens is 1. The van der Waals surface area contributed by atoms with Gasteiger partial charge in [-0.2, -0.15) is 14.6 Å². The van der Waals surface area contributed by atoms with Crippen LogP contribution < -0.4 is 5.32 Å². The van der Waals surface area contributed by atoms with Crippen molar-refractivity contribution in [2.75, 3.05) is 5.32 Å². The normalized spacial score (nSPS) is 11.2. The Morgan fingerprint density at radius 1 is 1.20 bits per heavy atom. The van der Waals surface area contributed by atoms with E-state index in [4.69, 9.17) is 16.1 Å². The van der Waals surface area contributed by atoms with Gasteiger partial charge in [-0.1, -0.05) is 28.9 Å². The third-order valence-electron chi connectivity index (χ3n) is 4.13. The molecule has 4 aromatic rings. The summed E-state index contributed by atoms with van der Waals surface area (Å²) in [7, 11) is 0. The lowest BCUT2D eigenvalue weighted by Gasteiger charge is -2.12. The molecule has 3 heterocycles. The van der Waals surface area contributed by atoms with E-state index >= 15 is 0 Å². The summed E-state index contributed by atoms with van der Waals surface area (Å²) in [4.78, 5) is 8.57. The van der Waals surface area contributed by atoms with Crippen LogP contribution in [-0.2, 0) is 6.54 Å². The van der Waals surface area contributed by atoms with Crippen molar-refractivity contribution < 1.29 is 4.52 Å². The summed E-state index contributed by atoms with van der Waals surface area (Å²) in [6.45, 7) is 4.42. The maximum atomic E-state index is 5.96. The summed E-state index contributed by atoms with van der Waals surface area (Å²) in [5, 5.41) is 12.4. The van der Waals surface area contributed by atoms with Crippen molar-refractivity contribution in [3.05, 3.63) is 58.8 Å². The second-order valence-corrected chi connectivity index (χ2v) is 6.11. The molecule has 1 aromatic carbocycles. The van der Waals surface area contributed by atoms with Gasteiger partial charge in [-0.3, -0.25) is 0 Å². The van der Waals surface area contributed by atoms with Crippen molar-refractivity contribution in [2.24, 2.45) is 0 Å². The third-order valence-corrected chi connectivity index (χ3v) is 4.38. The van der Waals surface area contributed by atoms with E-state index < -0.39 is 0 Å².